The standard InChI is InChI=1S/C23H25N3O3/c1-15-7-6-8-20(9-15)26-16(2)10-19(17(26)3)14-24-25-23(27)18-11-21(28-4)13-22(12-18)29-5/h6-14H,1-5H3,(H,25,27)/b24-14+. The van der Waals surface area contributed by atoms with Gasteiger partial charge in [0, 0.05) is 34.3 Å². The van der Waals surface area contributed by atoms with Gasteiger partial charge in [-0.25, -0.2) is 5.43 Å². The smallest absolute Gasteiger partial charge is 0.271 e. The van der Waals surface area contributed by atoms with Crippen molar-refractivity contribution in [3.05, 3.63) is 76.6 Å². The number of rotatable bonds is 6. The van der Waals surface area contributed by atoms with Gasteiger partial charge in [0.15, 0.2) is 0 Å². The first-order chi connectivity index (χ1) is 13.9. The molecule has 0 unspecified atom stereocenters. The van der Waals surface area contributed by atoms with E-state index in [9.17, 15) is 4.79 Å². The third-order valence-electron chi connectivity index (χ3n) is 4.71. The molecule has 6 heteroatoms. The Hall–Kier alpha value is -3.54. The van der Waals surface area contributed by atoms with Crippen molar-refractivity contribution in [1.82, 2.24) is 9.99 Å². The lowest BCUT2D eigenvalue weighted by Gasteiger charge is -2.10. The van der Waals surface area contributed by atoms with Crippen LogP contribution in [0.3, 0.4) is 0 Å². The van der Waals surface area contributed by atoms with Gasteiger partial charge in [0.1, 0.15) is 11.5 Å². The number of nitrogens with one attached hydrogen (secondary N) is 1. The maximum Gasteiger partial charge on any atom is 0.271 e. The van der Waals surface area contributed by atoms with E-state index in [1.807, 2.05) is 26.0 Å². The Morgan fingerprint density at radius 3 is 2.31 bits per heavy atom. The number of amides is 1. The van der Waals surface area contributed by atoms with Crippen molar-refractivity contribution in [2.75, 3.05) is 14.2 Å². The van der Waals surface area contributed by atoms with Gasteiger partial charge in [-0.2, -0.15) is 5.10 Å². The molecule has 29 heavy (non-hydrogen) atoms. The second kappa shape index (κ2) is 8.65. The van der Waals surface area contributed by atoms with Gasteiger partial charge >= 0.3 is 0 Å². The van der Waals surface area contributed by atoms with Crippen LogP contribution in [0.25, 0.3) is 5.69 Å². The predicted octanol–water partition coefficient (Wildman–Crippen LogP) is 4.18. The van der Waals surface area contributed by atoms with Crippen LogP contribution in [0, 0.1) is 20.8 Å². The largest absolute Gasteiger partial charge is 0.497 e. The zero-order valence-electron chi connectivity index (χ0n) is 17.3. The summed E-state index contributed by atoms with van der Waals surface area (Å²) in [5.74, 6) is 0.742. The normalized spacial score (nSPS) is 10.9. The van der Waals surface area contributed by atoms with Crippen LogP contribution in [0.4, 0.5) is 0 Å². The van der Waals surface area contributed by atoms with E-state index in [2.05, 4.69) is 40.2 Å². The Bertz CT molecular complexity index is 1040. The fraction of sp³-hybridized carbons (Fsp3) is 0.217. The van der Waals surface area contributed by atoms with Gasteiger partial charge in [-0.3, -0.25) is 4.79 Å². The van der Waals surface area contributed by atoms with E-state index >= 15 is 0 Å². The average molecular weight is 391 g/mol. The monoisotopic (exact) mass is 391 g/mol. The highest BCUT2D eigenvalue weighted by Crippen LogP contribution is 2.23. The minimum absolute atomic E-state index is 0.342. The molecular weight excluding hydrogens is 366 g/mol. The van der Waals surface area contributed by atoms with Crippen molar-refractivity contribution < 1.29 is 14.3 Å². The van der Waals surface area contributed by atoms with Crippen LogP contribution >= 0.6 is 0 Å². The minimum Gasteiger partial charge on any atom is -0.497 e. The SMILES string of the molecule is COc1cc(OC)cc(C(=O)N/N=C/c2cc(C)n(-c3cccc(C)c3)c2C)c1. The lowest BCUT2D eigenvalue weighted by Crippen LogP contribution is -2.17. The summed E-state index contributed by atoms with van der Waals surface area (Å²) in [4.78, 5) is 12.4. The number of ether oxygens (including phenoxy) is 2. The zero-order chi connectivity index (χ0) is 21.0. The number of nitrogens with zero attached hydrogens (tertiary/aromatic N) is 2. The van der Waals surface area contributed by atoms with Gasteiger partial charge in [-0.1, -0.05) is 12.1 Å². The van der Waals surface area contributed by atoms with Crippen molar-refractivity contribution in [3.63, 3.8) is 0 Å². The second-order valence-electron chi connectivity index (χ2n) is 6.80. The Morgan fingerprint density at radius 1 is 1.00 bits per heavy atom. The molecule has 0 aliphatic heterocycles. The van der Waals surface area contributed by atoms with E-state index in [1.54, 1.807) is 38.6 Å². The number of hydrogen-bond donors (Lipinski definition) is 1. The molecule has 0 aliphatic rings. The molecule has 3 aromatic rings. The quantitative estimate of drug-likeness (QED) is 0.506. The fourth-order valence-electron chi connectivity index (χ4n) is 3.25. The van der Waals surface area contributed by atoms with Gasteiger partial charge in [0.2, 0.25) is 0 Å². The summed E-state index contributed by atoms with van der Waals surface area (Å²) in [5.41, 5.74) is 8.36. The number of benzene rings is 2. The van der Waals surface area contributed by atoms with Crippen molar-refractivity contribution in [2.24, 2.45) is 5.10 Å². The molecule has 0 atom stereocenters. The van der Waals surface area contributed by atoms with Crippen molar-refractivity contribution in [3.8, 4) is 17.2 Å². The molecule has 1 N–H and O–H groups in total. The maximum absolute atomic E-state index is 12.4. The number of methoxy groups -OCH3 is 2. The van der Waals surface area contributed by atoms with Crippen LogP contribution in [-0.4, -0.2) is 30.9 Å². The summed E-state index contributed by atoms with van der Waals surface area (Å²) < 4.78 is 12.6. The molecule has 0 fully saturated rings. The molecule has 1 aromatic heterocycles. The molecule has 6 nitrogen and oxygen atoms in total. The summed E-state index contributed by atoms with van der Waals surface area (Å²) in [6.45, 7) is 6.16. The molecule has 1 heterocycles. The van der Waals surface area contributed by atoms with Gasteiger partial charge in [-0.15, -0.1) is 0 Å². The van der Waals surface area contributed by atoms with Crippen molar-refractivity contribution in [2.45, 2.75) is 20.8 Å². The number of aryl methyl sites for hydroxylation is 2. The molecule has 2 aromatic carbocycles. The van der Waals surface area contributed by atoms with Crippen LogP contribution in [0.15, 0.2) is 53.6 Å². The lowest BCUT2D eigenvalue weighted by molar-refractivity contribution is 0.0954. The van der Waals surface area contributed by atoms with E-state index in [4.69, 9.17) is 9.47 Å². The topological polar surface area (TPSA) is 64.8 Å². The number of carbonyl (C=O) groups is 1. The number of hydrazone groups is 1. The summed E-state index contributed by atoms with van der Waals surface area (Å²) >= 11 is 0. The molecular formula is C23H25N3O3. The van der Waals surface area contributed by atoms with Crippen molar-refractivity contribution >= 4 is 12.1 Å². The molecule has 0 radical (unpaired) electrons. The third-order valence-corrected chi connectivity index (χ3v) is 4.71. The highest BCUT2D eigenvalue weighted by Gasteiger charge is 2.11. The van der Waals surface area contributed by atoms with Gasteiger partial charge in [0.25, 0.3) is 5.91 Å². The predicted molar refractivity (Wildman–Crippen MR) is 115 cm³/mol. The first-order valence-corrected chi connectivity index (χ1v) is 9.25. The Morgan fingerprint density at radius 2 is 1.69 bits per heavy atom. The lowest BCUT2D eigenvalue weighted by atomic mass is 10.2. The number of hydrogen-bond acceptors (Lipinski definition) is 4. The maximum atomic E-state index is 12.4. The summed E-state index contributed by atoms with van der Waals surface area (Å²) in [6, 6.07) is 15.4. The molecule has 0 saturated carbocycles. The fourth-order valence-corrected chi connectivity index (χ4v) is 3.25. The second-order valence-corrected chi connectivity index (χ2v) is 6.80. The van der Waals surface area contributed by atoms with Crippen molar-refractivity contribution in [1.29, 1.82) is 0 Å². The van der Waals surface area contributed by atoms with E-state index in [-0.39, 0.29) is 5.91 Å². The Kier molecular flexibility index (Phi) is 6.02. The van der Waals surface area contributed by atoms with Crippen LogP contribution in [0.2, 0.25) is 0 Å². The number of aromatic nitrogens is 1. The first-order valence-electron chi connectivity index (χ1n) is 9.25. The molecule has 150 valence electrons. The van der Waals surface area contributed by atoms with Crippen LogP contribution in [0.5, 0.6) is 11.5 Å². The van der Waals surface area contributed by atoms with Crippen LogP contribution in [-0.2, 0) is 0 Å². The van der Waals surface area contributed by atoms with E-state index < -0.39 is 0 Å². The van der Waals surface area contributed by atoms with Gasteiger partial charge < -0.3 is 14.0 Å². The summed E-state index contributed by atoms with van der Waals surface area (Å²) in [5, 5.41) is 4.14. The van der Waals surface area contributed by atoms with E-state index in [0.717, 1.165) is 22.6 Å². The Labute approximate surface area is 170 Å². The molecule has 0 aliphatic carbocycles. The third kappa shape index (κ3) is 4.48. The molecule has 1 amide bonds. The average Bonchev–Trinajstić information content (AvgIpc) is 3.00. The molecule has 3 rings (SSSR count). The number of carbonyl (C=O) groups excluding carboxylic acids is 1. The van der Waals surface area contributed by atoms with E-state index in [0.29, 0.717) is 17.1 Å². The Balaban J connectivity index is 1.79. The molecule has 0 saturated heterocycles. The summed E-state index contributed by atoms with van der Waals surface area (Å²) in [6.07, 6.45) is 1.66. The highest BCUT2D eigenvalue weighted by molar-refractivity contribution is 5.95. The molecule has 0 bridgehead atoms. The summed E-state index contributed by atoms with van der Waals surface area (Å²) in [7, 11) is 3.08. The highest BCUT2D eigenvalue weighted by atomic mass is 16.5. The van der Waals surface area contributed by atoms with E-state index in [1.165, 1.54) is 5.56 Å². The minimum atomic E-state index is -0.342. The first kappa shape index (κ1) is 20.2. The molecule has 0 spiro atoms. The van der Waals surface area contributed by atoms with Crippen LogP contribution < -0.4 is 14.9 Å². The van der Waals surface area contributed by atoms with Gasteiger partial charge in [0.05, 0.1) is 20.4 Å². The van der Waals surface area contributed by atoms with Gasteiger partial charge in [-0.05, 0) is 56.7 Å². The van der Waals surface area contributed by atoms with Crippen LogP contribution in [0.1, 0.15) is 32.9 Å². The zero-order valence-corrected chi connectivity index (χ0v) is 17.3.